The van der Waals surface area contributed by atoms with Crippen LogP contribution in [0.4, 0.5) is 5.82 Å². The van der Waals surface area contributed by atoms with Gasteiger partial charge < -0.3 is 10.4 Å². The highest BCUT2D eigenvalue weighted by atomic mass is 32.1. The summed E-state index contributed by atoms with van der Waals surface area (Å²) in [6.45, 7) is 3.74. The van der Waals surface area contributed by atoms with E-state index in [0.29, 0.717) is 11.6 Å². The van der Waals surface area contributed by atoms with Gasteiger partial charge in [-0.3, -0.25) is 4.79 Å². The summed E-state index contributed by atoms with van der Waals surface area (Å²) in [6.07, 6.45) is 0.943. The minimum atomic E-state index is -0.902. The topological polar surface area (TPSA) is 75.1 Å². The van der Waals surface area contributed by atoms with Crippen LogP contribution in [0.15, 0.2) is 6.07 Å². The van der Waals surface area contributed by atoms with Crippen molar-refractivity contribution in [1.82, 2.24) is 9.97 Å². The molecule has 0 aromatic carbocycles. The molecule has 2 rings (SSSR count). The fourth-order valence-corrected chi connectivity index (χ4v) is 2.56. The smallest absolute Gasteiger partial charge is 0.322 e. The zero-order valence-corrected chi connectivity index (χ0v) is 10.5. The van der Waals surface area contributed by atoms with Gasteiger partial charge in [0.15, 0.2) is 0 Å². The van der Waals surface area contributed by atoms with Crippen molar-refractivity contribution in [2.24, 2.45) is 0 Å². The molecule has 0 fully saturated rings. The van der Waals surface area contributed by atoms with Crippen molar-refractivity contribution in [1.29, 1.82) is 0 Å². The van der Waals surface area contributed by atoms with Crippen molar-refractivity contribution in [3.63, 3.8) is 0 Å². The molecule has 0 spiro atoms. The number of hydrogen-bond acceptors (Lipinski definition) is 5. The van der Waals surface area contributed by atoms with Crippen LogP contribution in [0.25, 0.3) is 10.2 Å². The van der Waals surface area contributed by atoms with Crippen molar-refractivity contribution < 1.29 is 9.90 Å². The lowest BCUT2D eigenvalue weighted by Gasteiger charge is -2.04. The lowest BCUT2D eigenvalue weighted by molar-refractivity contribution is -0.134. The van der Waals surface area contributed by atoms with Crippen LogP contribution in [0.3, 0.4) is 0 Å². The first kappa shape index (κ1) is 11.8. The summed E-state index contributed by atoms with van der Waals surface area (Å²) in [4.78, 5) is 21.3. The summed E-state index contributed by atoms with van der Waals surface area (Å²) < 4.78 is 0. The van der Waals surface area contributed by atoms with Gasteiger partial charge in [0.25, 0.3) is 0 Å². The van der Waals surface area contributed by atoms with Crippen LogP contribution in [0.1, 0.15) is 17.6 Å². The normalized spacial score (nSPS) is 10.7. The molecular formula is C11H13N3O2S. The Morgan fingerprint density at radius 3 is 2.94 bits per heavy atom. The lowest BCUT2D eigenvalue weighted by Crippen LogP contribution is -2.13. The minimum absolute atomic E-state index is 0.136. The number of carbonyl (C=O) groups is 1. The first-order chi connectivity index (χ1) is 8.10. The predicted octanol–water partition coefficient (Wildman–Crippen LogP) is 2.06. The maximum Gasteiger partial charge on any atom is 0.322 e. The molecule has 2 aromatic rings. The minimum Gasteiger partial charge on any atom is -0.480 e. The molecule has 0 unspecified atom stereocenters. The first-order valence-corrected chi connectivity index (χ1v) is 6.14. The molecule has 0 aliphatic rings. The Bertz CT molecular complexity index is 565. The lowest BCUT2D eigenvalue weighted by atomic mass is 10.3. The number of thiophene rings is 1. The Hall–Kier alpha value is -1.69. The Morgan fingerprint density at radius 1 is 1.53 bits per heavy atom. The monoisotopic (exact) mass is 251 g/mol. The molecular weight excluding hydrogens is 238 g/mol. The first-order valence-electron chi connectivity index (χ1n) is 5.33. The highest BCUT2D eigenvalue weighted by Gasteiger charge is 2.10. The number of aromatic nitrogens is 2. The van der Waals surface area contributed by atoms with Crippen LogP contribution < -0.4 is 5.32 Å². The van der Waals surface area contributed by atoms with E-state index in [-0.39, 0.29) is 6.54 Å². The van der Waals surface area contributed by atoms with E-state index in [1.165, 1.54) is 4.88 Å². The number of hydrogen-bond donors (Lipinski definition) is 2. The van der Waals surface area contributed by atoms with Gasteiger partial charge in [-0.15, -0.1) is 11.3 Å². The number of nitrogens with zero attached hydrogens (tertiary/aromatic N) is 2. The molecule has 0 aliphatic carbocycles. The third kappa shape index (κ3) is 2.52. The highest BCUT2D eigenvalue weighted by Crippen LogP contribution is 2.29. The molecule has 2 aromatic heterocycles. The van der Waals surface area contributed by atoms with Crippen molar-refractivity contribution >= 4 is 33.3 Å². The van der Waals surface area contributed by atoms with Crippen molar-refractivity contribution in [3.05, 3.63) is 16.8 Å². The number of aliphatic carboxylic acids is 1. The second-order valence-corrected chi connectivity index (χ2v) is 4.77. The maximum atomic E-state index is 10.6. The second kappa shape index (κ2) is 4.67. The predicted molar refractivity (Wildman–Crippen MR) is 67.7 cm³/mol. The molecule has 90 valence electrons. The summed E-state index contributed by atoms with van der Waals surface area (Å²) in [5.41, 5.74) is 0. The summed E-state index contributed by atoms with van der Waals surface area (Å²) in [5, 5.41) is 12.4. The molecule has 6 heteroatoms. The second-order valence-electron chi connectivity index (χ2n) is 3.65. The Kier molecular flexibility index (Phi) is 3.23. The van der Waals surface area contributed by atoms with Gasteiger partial charge in [-0.25, -0.2) is 9.97 Å². The Labute approximate surface area is 103 Å². The zero-order chi connectivity index (χ0) is 12.4. The molecule has 0 radical (unpaired) electrons. The summed E-state index contributed by atoms with van der Waals surface area (Å²) >= 11 is 1.62. The molecule has 0 saturated heterocycles. The number of anilines is 1. The Balaban J connectivity index is 2.44. The van der Waals surface area contributed by atoms with E-state index in [1.54, 1.807) is 18.3 Å². The summed E-state index contributed by atoms with van der Waals surface area (Å²) in [7, 11) is 0. The quantitative estimate of drug-likeness (QED) is 0.870. The number of fused-ring (bicyclic) bond motifs is 1. The number of carboxylic acids is 1. The van der Waals surface area contributed by atoms with E-state index in [2.05, 4.69) is 22.2 Å². The molecule has 2 N–H and O–H groups in total. The third-order valence-corrected chi connectivity index (χ3v) is 3.48. The van der Waals surface area contributed by atoms with Gasteiger partial charge in [0.2, 0.25) is 0 Å². The van der Waals surface area contributed by atoms with Crippen molar-refractivity contribution in [3.8, 4) is 0 Å². The number of aryl methyl sites for hydroxylation is 2. The number of carboxylic acid groups (broad SMARTS) is 1. The van der Waals surface area contributed by atoms with Gasteiger partial charge in [0, 0.05) is 4.88 Å². The third-order valence-electron chi connectivity index (χ3n) is 2.31. The molecule has 0 bridgehead atoms. The Morgan fingerprint density at radius 2 is 2.29 bits per heavy atom. The molecule has 17 heavy (non-hydrogen) atoms. The van der Waals surface area contributed by atoms with Crippen molar-refractivity contribution in [2.75, 3.05) is 11.9 Å². The van der Waals surface area contributed by atoms with Gasteiger partial charge in [-0.1, -0.05) is 6.92 Å². The van der Waals surface area contributed by atoms with E-state index in [0.717, 1.165) is 16.6 Å². The fourth-order valence-electron chi connectivity index (χ4n) is 1.55. The largest absolute Gasteiger partial charge is 0.480 e. The van der Waals surface area contributed by atoms with Gasteiger partial charge >= 0.3 is 5.97 Å². The molecule has 5 nitrogen and oxygen atoms in total. The molecule has 0 amide bonds. The van der Waals surface area contributed by atoms with Crippen LogP contribution in [-0.4, -0.2) is 27.6 Å². The standard InChI is InChI=1S/C11H13N3O2S/c1-3-7-4-8-10(12-5-9(15)16)13-6(2)14-11(8)17-7/h4H,3,5H2,1-2H3,(H,15,16)(H,12,13,14). The van der Waals surface area contributed by atoms with Crippen LogP contribution >= 0.6 is 11.3 Å². The fraction of sp³-hybridized carbons (Fsp3) is 0.364. The van der Waals surface area contributed by atoms with Crippen LogP contribution in [-0.2, 0) is 11.2 Å². The van der Waals surface area contributed by atoms with Gasteiger partial charge in [0.1, 0.15) is 23.0 Å². The van der Waals surface area contributed by atoms with E-state index in [4.69, 9.17) is 5.11 Å². The van der Waals surface area contributed by atoms with Gasteiger partial charge in [-0.05, 0) is 19.4 Å². The number of rotatable bonds is 4. The van der Waals surface area contributed by atoms with Crippen LogP contribution in [0.5, 0.6) is 0 Å². The van der Waals surface area contributed by atoms with Crippen LogP contribution in [0, 0.1) is 6.92 Å². The average Bonchev–Trinajstić information content (AvgIpc) is 2.68. The highest BCUT2D eigenvalue weighted by molar-refractivity contribution is 7.18. The van der Waals surface area contributed by atoms with E-state index in [9.17, 15) is 4.79 Å². The van der Waals surface area contributed by atoms with Gasteiger partial charge in [-0.2, -0.15) is 0 Å². The SMILES string of the molecule is CCc1cc2c(NCC(=O)O)nc(C)nc2s1. The van der Waals surface area contributed by atoms with E-state index in [1.807, 2.05) is 6.07 Å². The zero-order valence-electron chi connectivity index (χ0n) is 9.65. The van der Waals surface area contributed by atoms with Crippen LogP contribution in [0.2, 0.25) is 0 Å². The molecule has 0 saturated carbocycles. The molecule has 0 atom stereocenters. The van der Waals surface area contributed by atoms with Gasteiger partial charge in [0.05, 0.1) is 5.39 Å². The van der Waals surface area contributed by atoms with E-state index >= 15 is 0 Å². The maximum absolute atomic E-state index is 10.6. The summed E-state index contributed by atoms with van der Waals surface area (Å²) in [6, 6.07) is 2.02. The number of nitrogens with one attached hydrogen (secondary N) is 1. The molecule has 2 heterocycles. The summed E-state index contributed by atoms with van der Waals surface area (Å²) in [5.74, 6) is 0.348. The molecule has 0 aliphatic heterocycles. The average molecular weight is 251 g/mol. The van der Waals surface area contributed by atoms with Crippen molar-refractivity contribution in [2.45, 2.75) is 20.3 Å². The van der Waals surface area contributed by atoms with E-state index < -0.39 is 5.97 Å².